The molecule has 1 rings (SSSR count). The molecular weight excluding hydrogens is 288 g/mol. The van der Waals surface area contributed by atoms with Crippen LogP contribution in [0.5, 0.6) is 0 Å². The maximum absolute atomic E-state index is 11.5. The van der Waals surface area contributed by atoms with Crippen molar-refractivity contribution in [2.24, 2.45) is 0 Å². The number of ether oxygens (including phenoxy) is 2. The van der Waals surface area contributed by atoms with Gasteiger partial charge in [0, 0.05) is 12.8 Å². The van der Waals surface area contributed by atoms with Gasteiger partial charge in [0.2, 0.25) is 5.91 Å². The largest absolute Gasteiger partial charge is 0.465 e. The topological polar surface area (TPSA) is 109 Å². The molecule has 1 unspecified atom stereocenters. The monoisotopic (exact) mass is 309 g/mol. The molecule has 1 amide bonds. The second-order valence-electron chi connectivity index (χ2n) is 4.68. The number of amides is 1. The molecule has 0 spiro atoms. The minimum atomic E-state index is -0.596. The number of methoxy groups -OCH3 is 1. The third-order valence-corrected chi connectivity index (χ3v) is 2.93. The Morgan fingerprint density at radius 1 is 1.23 bits per heavy atom. The van der Waals surface area contributed by atoms with Gasteiger partial charge < -0.3 is 20.5 Å². The zero-order chi connectivity index (χ0) is 16.4. The smallest absolute Gasteiger partial charge is 0.364 e. The molecule has 0 fully saturated rings. The van der Waals surface area contributed by atoms with E-state index in [-0.39, 0.29) is 31.9 Å². The van der Waals surface area contributed by atoms with Gasteiger partial charge in [-0.1, -0.05) is 30.3 Å². The van der Waals surface area contributed by atoms with E-state index in [1.54, 1.807) is 0 Å². The van der Waals surface area contributed by atoms with Crippen LogP contribution in [-0.4, -0.2) is 37.5 Å². The summed E-state index contributed by atoms with van der Waals surface area (Å²) >= 11 is 0. The molecule has 0 aliphatic carbocycles. The van der Waals surface area contributed by atoms with Crippen molar-refractivity contribution in [3.05, 3.63) is 35.9 Å². The quantitative estimate of drug-likeness (QED) is 0.624. The Hall–Kier alpha value is -2.41. The normalized spacial score (nSPS) is 11.4. The van der Waals surface area contributed by atoms with E-state index in [4.69, 9.17) is 4.74 Å². The van der Waals surface area contributed by atoms with Crippen molar-refractivity contribution in [2.75, 3.05) is 13.7 Å². The van der Waals surface area contributed by atoms with Gasteiger partial charge >= 0.3 is 11.9 Å². The van der Waals surface area contributed by atoms with E-state index in [9.17, 15) is 14.4 Å². The SMILES string of the molecule is COC(=O)C([NH3+])CCC(=O)NCC(=O)OCc1ccccc1. The van der Waals surface area contributed by atoms with Gasteiger partial charge in [0.1, 0.15) is 13.2 Å². The Bertz CT molecular complexity index is 504. The third kappa shape index (κ3) is 6.85. The molecule has 7 nitrogen and oxygen atoms in total. The summed E-state index contributed by atoms with van der Waals surface area (Å²) in [5, 5.41) is 2.44. The van der Waals surface area contributed by atoms with Crippen LogP contribution in [0.3, 0.4) is 0 Å². The highest BCUT2D eigenvalue weighted by Crippen LogP contribution is 2.00. The van der Waals surface area contributed by atoms with Crippen molar-refractivity contribution in [3.63, 3.8) is 0 Å². The minimum absolute atomic E-state index is 0.0925. The summed E-state index contributed by atoms with van der Waals surface area (Å²) in [4.78, 5) is 34.1. The number of carbonyl (C=O) groups excluding carboxylic acids is 3. The number of rotatable bonds is 8. The van der Waals surface area contributed by atoms with Crippen molar-refractivity contribution in [2.45, 2.75) is 25.5 Å². The first-order valence-corrected chi connectivity index (χ1v) is 6.90. The molecule has 1 aromatic rings. The Labute approximate surface area is 128 Å². The van der Waals surface area contributed by atoms with Crippen LogP contribution in [-0.2, 0) is 30.5 Å². The first-order chi connectivity index (χ1) is 10.5. The fourth-order valence-corrected chi connectivity index (χ4v) is 1.64. The number of nitrogens with one attached hydrogen (secondary N) is 1. The molecule has 0 radical (unpaired) electrons. The van der Waals surface area contributed by atoms with E-state index in [0.29, 0.717) is 0 Å². The van der Waals surface area contributed by atoms with Crippen molar-refractivity contribution in [1.82, 2.24) is 5.32 Å². The van der Waals surface area contributed by atoms with E-state index in [2.05, 4.69) is 15.8 Å². The minimum Gasteiger partial charge on any atom is -0.465 e. The molecule has 4 N–H and O–H groups in total. The van der Waals surface area contributed by atoms with Gasteiger partial charge in [-0.15, -0.1) is 0 Å². The van der Waals surface area contributed by atoms with Crippen molar-refractivity contribution < 1.29 is 29.6 Å². The molecule has 0 aliphatic heterocycles. The second kappa shape index (κ2) is 9.51. The average Bonchev–Trinajstić information content (AvgIpc) is 2.55. The maximum atomic E-state index is 11.5. The Balaban J connectivity index is 2.18. The summed E-state index contributed by atoms with van der Waals surface area (Å²) in [7, 11) is 1.27. The molecule has 1 atom stereocenters. The zero-order valence-electron chi connectivity index (χ0n) is 12.5. The van der Waals surface area contributed by atoms with Gasteiger partial charge in [-0.25, -0.2) is 4.79 Å². The lowest BCUT2D eigenvalue weighted by atomic mass is 10.1. The summed E-state index contributed by atoms with van der Waals surface area (Å²) in [6, 6.07) is 8.65. The van der Waals surface area contributed by atoms with Crippen LogP contribution in [0.2, 0.25) is 0 Å². The molecule has 7 heteroatoms. The summed E-state index contributed by atoms with van der Waals surface area (Å²) in [6.45, 7) is -0.0372. The molecule has 1 aromatic carbocycles. The first kappa shape index (κ1) is 17.6. The highest BCUT2D eigenvalue weighted by molar-refractivity contribution is 5.82. The lowest BCUT2D eigenvalue weighted by Gasteiger charge is -2.08. The zero-order valence-corrected chi connectivity index (χ0v) is 12.5. The molecule has 0 saturated heterocycles. The fraction of sp³-hybridized carbons (Fsp3) is 0.400. The third-order valence-electron chi connectivity index (χ3n) is 2.93. The van der Waals surface area contributed by atoms with Gasteiger partial charge in [0.15, 0.2) is 6.04 Å². The summed E-state index contributed by atoms with van der Waals surface area (Å²) in [5.41, 5.74) is 4.47. The van der Waals surface area contributed by atoms with Crippen LogP contribution in [0, 0.1) is 0 Å². The van der Waals surface area contributed by atoms with E-state index in [1.807, 2.05) is 30.3 Å². The maximum Gasteiger partial charge on any atom is 0.364 e. The van der Waals surface area contributed by atoms with Gasteiger partial charge in [0.25, 0.3) is 0 Å². The van der Waals surface area contributed by atoms with Crippen LogP contribution in [0.1, 0.15) is 18.4 Å². The summed E-state index contributed by atoms with van der Waals surface area (Å²) in [5.74, 6) is -1.32. The van der Waals surface area contributed by atoms with E-state index < -0.39 is 18.0 Å². The predicted molar refractivity (Wildman–Crippen MR) is 77.2 cm³/mol. The van der Waals surface area contributed by atoms with Crippen LogP contribution < -0.4 is 11.1 Å². The lowest BCUT2D eigenvalue weighted by molar-refractivity contribution is -0.409. The van der Waals surface area contributed by atoms with Gasteiger partial charge in [-0.3, -0.25) is 9.59 Å². The Morgan fingerprint density at radius 3 is 2.55 bits per heavy atom. The number of hydrogen-bond acceptors (Lipinski definition) is 5. The number of hydrogen-bond donors (Lipinski definition) is 2. The predicted octanol–water partition coefficient (Wildman–Crippen LogP) is -0.590. The van der Waals surface area contributed by atoms with Crippen molar-refractivity contribution in [1.29, 1.82) is 0 Å². The van der Waals surface area contributed by atoms with Crippen LogP contribution in [0.15, 0.2) is 30.3 Å². The summed E-state index contributed by atoms with van der Waals surface area (Å²) in [6.07, 6.45) is 0.354. The number of esters is 2. The van der Waals surface area contributed by atoms with Crippen molar-refractivity contribution >= 4 is 17.8 Å². The van der Waals surface area contributed by atoms with Crippen LogP contribution >= 0.6 is 0 Å². The van der Waals surface area contributed by atoms with Crippen LogP contribution in [0.4, 0.5) is 0 Å². The molecule has 0 saturated carbocycles. The van der Waals surface area contributed by atoms with Gasteiger partial charge in [-0.2, -0.15) is 0 Å². The Morgan fingerprint density at radius 2 is 1.91 bits per heavy atom. The van der Waals surface area contributed by atoms with Crippen molar-refractivity contribution in [3.8, 4) is 0 Å². The molecule has 22 heavy (non-hydrogen) atoms. The standard InChI is InChI=1S/C15H20N2O5/c1-21-15(20)12(16)7-8-13(18)17-9-14(19)22-10-11-5-3-2-4-6-11/h2-6,12H,7-10,16H2,1H3,(H,17,18)/p+1. The highest BCUT2D eigenvalue weighted by atomic mass is 16.5. The lowest BCUT2D eigenvalue weighted by Crippen LogP contribution is -2.65. The molecule has 0 aliphatic rings. The first-order valence-electron chi connectivity index (χ1n) is 6.90. The van der Waals surface area contributed by atoms with Gasteiger partial charge in [0.05, 0.1) is 7.11 Å². The molecule has 0 aromatic heterocycles. The van der Waals surface area contributed by atoms with E-state index >= 15 is 0 Å². The number of benzene rings is 1. The molecule has 0 heterocycles. The number of quaternary nitrogens is 1. The fourth-order valence-electron chi connectivity index (χ4n) is 1.64. The van der Waals surface area contributed by atoms with E-state index in [0.717, 1.165) is 5.56 Å². The van der Waals surface area contributed by atoms with Crippen LogP contribution in [0.25, 0.3) is 0 Å². The van der Waals surface area contributed by atoms with Gasteiger partial charge in [-0.05, 0) is 5.56 Å². The second-order valence-corrected chi connectivity index (χ2v) is 4.68. The summed E-state index contributed by atoms with van der Waals surface area (Å²) < 4.78 is 9.53. The van der Waals surface area contributed by atoms with E-state index in [1.165, 1.54) is 7.11 Å². The number of carbonyl (C=O) groups is 3. The highest BCUT2D eigenvalue weighted by Gasteiger charge is 2.19. The molecular formula is C15H21N2O5+. The molecule has 0 bridgehead atoms. The average molecular weight is 309 g/mol. The Kier molecular flexibility index (Phi) is 7.63. The molecule has 120 valence electrons.